The number of amides is 2. The lowest BCUT2D eigenvalue weighted by Gasteiger charge is -2.22. The molecule has 1 atom stereocenters. The maximum absolute atomic E-state index is 11.5. The lowest BCUT2D eigenvalue weighted by atomic mass is 10.1. The molecule has 0 aliphatic heterocycles. The van der Waals surface area contributed by atoms with E-state index in [-0.39, 0.29) is 12.6 Å². The molecule has 6 heteroatoms. The van der Waals surface area contributed by atoms with E-state index in [1.165, 1.54) is 11.3 Å². The number of rotatable bonds is 4. The lowest BCUT2D eigenvalue weighted by Crippen LogP contribution is -2.45. The Morgan fingerprint density at radius 3 is 2.78 bits per heavy atom. The molecule has 18 heavy (non-hydrogen) atoms. The topological polar surface area (TPSA) is 78.4 Å². The van der Waals surface area contributed by atoms with Crippen LogP contribution in [0.2, 0.25) is 0 Å². The fraction of sp³-hybridized carbons (Fsp3) is 0.500. The number of hydrogen-bond acceptors (Lipinski definition) is 4. The summed E-state index contributed by atoms with van der Waals surface area (Å²) in [7, 11) is 0. The van der Waals surface area contributed by atoms with Crippen LogP contribution in [0.25, 0.3) is 0 Å². The summed E-state index contributed by atoms with van der Waals surface area (Å²) in [6.45, 7) is 1.63. The summed E-state index contributed by atoms with van der Waals surface area (Å²) in [6, 6.07) is 3.78. The van der Waals surface area contributed by atoms with Crippen molar-refractivity contribution in [3.8, 4) is 0 Å². The largest absolute Gasteiger partial charge is 0.383 e. The number of aliphatic hydroxyl groups is 1. The van der Waals surface area contributed by atoms with Gasteiger partial charge in [0.2, 0.25) is 0 Å². The molecule has 0 spiro atoms. The van der Waals surface area contributed by atoms with E-state index in [0.29, 0.717) is 0 Å². The van der Waals surface area contributed by atoms with Crippen LogP contribution in [0, 0.1) is 0 Å². The monoisotopic (exact) mass is 268 g/mol. The number of thiophene rings is 1. The van der Waals surface area contributed by atoms with E-state index in [4.69, 9.17) is 0 Å². The van der Waals surface area contributed by atoms with Crippen molar-refractivity contribution in [2.75, 3.05) is 6.54 Å². The number of hydrogen-bond donors (Lipinski definition) is 3. The second-order valence-corrected chi connectivity index (χ2v) is 5.63. The molecule has 1 aromatic heterocycles. The van der Waals surface area contributed by atoms with Crippen molar-refractivity contribution in [2.45, 2.75) is 31.4 Å². The molecule has 0 saturated heterocycles. The van der Waals surface area contributed by atoms with Crippen molar-refractivity contribution in [1.29, 1.82) is 0 Å². The number of nitrogens with one attached hydrogen (secondary N) is 2. The third kappa shape index (κ3) is 3.30. The molecule has 2 rings (SSSR count). The van der Waals surface area contributed by atoms with Gasteiger partial charge in [0.15, 0.2) is 0 Å². The average molecular weight is 268 g/mol. The molecular weight excluding hydrogens is 252 g/mol. The predicted octanol–water partition coefficient (Wildman–Crippen LogP) is 0.350. The minimum Gasteiger partial charge on any atom is -0.383 e. The van der Waals surface area contributed by atoms with E-state index < -0.39 is 17.4 Å². The predicted molar refractivity (Wildman–Crippen MR) is 68.1 cm³/mol. The smallest absolute Gasteiger partial charge is 0.309 e. The Balaban J connectivity index is 1.83. The molecule has 0 bridgehead atoms. The third-order valence-corrected chi connectivity index (χ3v) is 3.89. The zero-order valence-corrected chi connectivity index (χ0v) is 10.9. The van der Waals surface area contributed by atoms with Crippen LogP contribution >= 0.6 is 11.3 Å². The van der Waals surface area contributed by atoms with E-state index >= 15 is 0 Å². The Labute approximate surface area is 109 Å². The van der Waals surface area contributed by atoms with Crippen LogP contribution in [0.1, 0.15) is 24.6 Å². The van der Waals surface area contributed by atoms with Gasteiger partial charge in [-0.1, -0.05) is 6.07 Å². The summed E-state index contributed by atoms with van der Waals surface area (Å²) in [5.74, 6) is -1.32. The van der Waals surface area contributed by atoms with E-state index in [1.54, 1.807) is 13.0 Å². The van der Waals surface area contributed by atoms with Crippen molar-refractivity contribution >= 4 is 23.2 Å². The number of carbonyl (C=O) groups is 2. The third-order valence-electron chi connectivity index (χ3n) is 2.76. The SMILES string of the molecule is C[C@@](O)(CNC(=O)C(=O)NC1CC1)c1cccs1. The van der Waals surface area contributed by atoms with E-state index in [1.807, 2.05) is 11.4 Å². The molecule has 0 unspecified atom stereocenters. The van der Waals surface area contributed by atoms with E-state index in [0.717, 1.165) is 17.7 Å². The van der Waals surface area contributed by atoms with Gasteiger partial charge < -0.3 is 15.7 Å². The maximum Gasteiger partial charge on any atom is 0.309 e. The second-order valence-electron chi connectivity index (χ2n) is 4.68. The van der Waals surface area contributed by atoms with Gasteiger partial charge in [-0.15, -0.1) is 11.3 Å². The molecule has 1 fully saturated rings. The van der Waals surface area contributed by atoms with Gasteiger partial charge in [0.25, 0.3) is 0 Å². The van der Waals surface area contributed by atoms with Gasteiger partial charge >= 0.3 is 11.8 Å². The molecule has 2 amide bonds. The maximum atomic E-state index is 11.5. The normalized spacial score (nSPS) is 17.9. The van der Waals surface area contributed by atoms with Gasteiger partial charge in [0, 0.05) is 10.9 Å². The zero-order valence-electron chi connectivity index (χ0n) is 10.1. The molecule has 1 aliphatic rings. The standard InChI is InChI=1S/C12H16N2O3S/c1-12(17,9-3-2-6-18-9)7-13-10(15)11(16)14-8-4-5-8/h2-3,6,8,17H,4-5,7H2,1H3,(H,13,15)(H,14,16)/t12-/m1/s1. The molecule has 98 valence electrons. The highest BCUT2D eigenvalue weighted by Crippen LogP contribution is 2.24. The first-order valence-electron chi connectivity index (χ1n) is 5.84. The van der Waals surface area contributed by atoms with Crippen molar-refractivity contribution in [1.82, 2.24) is 10.6 Å². The van der Waals surface area contributed by atoms with Crippen LogP contribution in [-0.2, 0) is 15.2 Å². The first kappa shape index (κ1) is 13.0. The van der Waals surface area contributed by atoms with Crippen LogP contribution in [-0.4, -0.2) is 29.5 Å². The first-order valence-corrected chi connectivity index (χ1v) is 6.72. The average Bonchev–Trinajstić information content (AvgIpc) is 2.96. The van der Waals surface area contributed by atoms with Gasteiger partial charge in [0.1, 0.15) is 5.60 Å². The van der Waals surface area contributed by atoms with Crippen molar-refractivity contribution in [3.63, 3.8) is 0 Å². The first-order chi connectivity index (χ1) is 8.49. The highest BCUT2D eigenvalue weighted by Gasteiger charge is 2.29. The minimum atomic E-state index is -1.15. The Morgan fingerprint density at radius 2 is 2.22 bits per heavy atom. The van der Waals surface area contributed by atoms with Crippen LogP contribution in [0.5, 0.6) is 0 Å². The van der Waals surface area contributed by atoms with Gasteiger partial charge in [-0.2, -0.15) is 0 Å². The lowest BCUT2D eigenvalue weighted by molar-refractivity contribution is -0.139. The van der Waals surface area contributed by atoms with Gasteiger partial charge in [0.05, 0.1) is 6.54 Å². The van der Waals surface area contributed by atoms with Gasteiger partial charge in [-0.3, -0.25) is 9.59 Å². The molecule has 1 aliphatic carbocycles. The van der Waals surface area contributed by atoms with Crippen LogP contribution in [0.3, 0.4) is 0 Å². The molecular formula is C12H16N2O3S. The number of carbonyl (C=O) groups excluding carboxylic acids is 2. The molecule has 1 aromatic rings. The van der Waals surface area contributed by atoms with E-state index in [9.17, 15) is 14.7 Å². The van der Waals surface area contributed by atoms with Crippen molar-refractivity contribution < 1.29 is 14.7 Å². The van der Waals surface area contributed by atoms with Gasteiger partial charge in [-0.25, -0.2) is 0 Å². The summed E-state index contributed by atoms with van der Waals surface area (Å²) in [5.41, 5.74) is -1.15. The highest BCUT2D eigenvalue weighted by molar-refractivity contribution is 7.10. The highest BCUT2D eigenvalue weighted by atomic mass is 32.1. The van der Waals surface area contributed by atoms with Crippen LogP contribution < -0.4 is 10.6 Å². The molecule has 5 nitrogen and oxygen atoms in total. The van der Waals surface area contributed by atoms with Crippen molar-refractivity contribution in [3.05, 3.63) is 22.4 Å². The fourth-order valence-corrected chi connectivity index (χ4v) is 2.27. The summed E-state index contributed by atoms with van der Waals surface area (Å²) >= 11 is 1.41. The second kappa shape index (κ2) is 5.07. The Morgan fingerprint density at radius 1 is 1.50 bits per heavy atom. The Hall–Kier alpha value is -1.40. The summed E-state index contributed by atoms with van der Waals surface area (Å²) in [6.07, 6.45) is 1.87. The molecule has 1 saturated carbocycles. The van der Waals surface area contributed by atoms with E-state index in [2.05, 4.69) is 10.6 Å². The quantitative estimate of drug-likeness (QED) is 0.690. The van der Waals surface area contributed by atoms with Crippen LogP contribution in [0.15, 0.2) is 17.5 Å². The molecule has 1 heterocycles. The zero-order chi connectivity index (χ0) is 13.2. The molecule has 3 N–H and O–H groups in total. The van der Waals surface area contributed by atoms with Crippen molar-refractivity contribution in [2.24, 2.45) is 0 Å². The minimum absolute atomic E-state index is 0.0183. The summed E-state index contributed by atoms with van der Waals surface area (Å²) < 4.78 is 0. The van der Waals surface area contributed by atoms with Gasteiger partial charge in [-0.05, 0) is 31.2 Å². The Bertz CT molecular complexity index is 438. The Kier molecular flexibility index (Phi) is 3.68. The summed E-state index contributed by atoms with van der Waals surface area (Å²) in [5, 5.41) is 17.1. The molecule has 0 radical (unpaired) electrons. The summed E-state index contributed by atoms with van der Waals surface area (Å²) in [4.78, 5) is 23.6. The van der Waals surface area contributed by atoms with Crippen LogP contribution in [0.4, 0.5) is 0 Å². The molecule has 0 aromatic carbocycles. The fourth-order valence-electron chi connectivity index (χ4n) is 1.48.